The number of hydrogen-bond acceptors (Lipinski definition) is 4. The van der Waals surface area contributed by atoms with E-state index in [-0.39, 0.29) is 12.4 Å². The number of aliphatic hydroxyl groups is 1. The van der Waals surface area contributed by atoms with Crippen molar-refractivity contribution in [3.05, 3.63) is 59.7 Å². The Bertz CT molecular complexity index is 869. The van der Waals surface area contributed by atoms with Crippen molar-refractivity contribution in [3.8, 4) is 5.75 Å². The second kappa shape index (κ2) is 14.0. The van der Waals surface area contributed by atoms with Crippen LogP contribution in [-0.4, -0.2) is 32.5 Å². The first-order chi connectivity index (χ1) is 15.0. The van der Waals surface area contributed by atoms with Gasteiger partial charge in [-0.25, -0.2) is 8.42 Å². The number of benzene rings is 2. The molecule has 2 aromatic rings. The summed E-state index contributed by atoms with van der Waals surface area (Å²) in [4.78, 5) is 0.402. The van der Waals surface area contributed by atoms with Gasteiger partial charge in [0.15, 0.2) is 9.84 Å². The Hall–Kier alpha value is -2.11. The molecule has 0 spiro atoms. The topological polar surface area (TPSA) is 63.6 Å². The molecule has 0 aliphatic carbocycles. The molecular formula is C26H36O4S. The van der Waals surface area contributed by atoms with Crippen LogP contribution in [0.2, 0.25) is 0 Å². The summed E-state index contributed by atoms with van der Waals surface area (Å²) in [5, 5.41) is 8.77. The van der Waals surface area contributed by atoms with Crippen LogP contribution in [0.4, 0.5) is 0 Å². The standard InChI is InChI=1S/C26H36O4S/c1-2-3-4-9-22-31(28,29)26-18-14-24(15-19-26)11-10-23-12-16-25(17-13-23)30-21-8-6-5-7-20-27/h10-19,27H,2-9,20-22H2,1H3/b11-10+. The maximum absolute atomic E-state index is 12.4. The van der Waals surface area contributed by atoms with Crippen molar-refractivity contribution in [1.29, 1.82) is 0 Å². The third kappa shape index (κ3) is 9.70. The highest BCUT2D eigenvalue weighted by Crippen LogP contribution is 2.18. The number of aliphatic hydroxyl groups excluding tert-OH is 1. The molecular weight excluding hydrogens is 408 g/mol. The second-order valence-electron chi connectivity index (χ2n) is 7.84. The molecule has 0 aliphatic rings. The van der Waals surface area contributed by atoms with E-state index in [1.807, 2.05) is 48.6 Å². The number of hydrogen-bond donors (Lipinski definition) is 1. The molecule has 2 aromatic carbocycles. The van der Waals surface area contributed by atoms with E-state index in [9.17, 15) is 8.42 Å². The smallest absolute Gasteiger partial charge is 0.178 e. The van der Waals surface area contributed by atoms with Gasteiger partial charge in [-0.1, -0.05) is 69.0 Å². The Labute approximate surface area is 187 Å². The first kappa shape index (κ1) is 25.2. The van der Waals surface area contributed by atoms with Gasteiger partial charge in [0.1, 0.15) is 5.75 Å². The lowest BCUT2D eigenvalue weighted by Crippen LogP contribution is -2.06. The molecule has 0 amide bonds. The fourth-order valence-electron chi connectivity index (χ4n) is 3.25. The molecule has 5 heteroatoms. The van der Waals surface area contributed by atoms with E-state index in [2.05, 4.69) is 6.92 Å². The van der Waals surface area contributed by atoms with Crippen LogP contribution in [0.1, 0.15) is 69.4 Å². The Morgan fingerprint density at radius 3 is 1.97 bits per heavy atom. The van der Waals surface area contributed by atoms with Gasteiger partial charge in [-0.3, -0.25) is 0 Å². The van der Waals surface area contributed by atoms with Gasteiger partial charge in [-0.2, -0.15) is 0 Å². The van der Waals surface area contributed by atoms with Crippen LogP contribution >= 0.6 is 0 Å². The summed E-state index contributed by atoms with van der Waals surface area (Å²) in [5.41, 5.74) is 2.02. The lowest BCUT2D eigenvalue weighted by Gasteiger charge is -2.06. The predicted molar refractivity (Wildman–Crippen MR) is 129 cm³/mol. The summed E-state index contributed by atoms with van der Waals surface area (Å²) < 4.78 is 30.6. The van der Waals surface area contributed by atoms with E-state index in [0.29, 0.717) is 11.5 Å². The molecule has 0 aromatic heterocycles. The monoisotopic (exact) mass is 444 g/mol. The summed E-state index contributed by atoms with van der Waals surface area (Å²) in [6, 6.07) is 15.0. The van der Waals surface area contributed by atoms with Gasteiger partial charge in [0, 0.05) is 6.61 Å². The minimum absolute atomic E-state index is 0.221. The Balaban J connectivity index is 1.82. The highest BCUT2D eigenvalue weighted by atomic mass is 32.2. The average molecular weight is 445 g/mol. The van der Waals surface area contributed by atoms with E-state index >= 15 is 0 Å². The van der Waals surface area contributed by atoms with Gasteiger partial charge in [0.25, 0.3) is 0 Å². The van der Waals surface area contributed by atoms with Crippen molar-refractivity contribution < 1.29 is 18.3 Å². The van der Waals surface area contributed by atoms with Crippen LogP contribution < -0.4 is 4.74 Å². The zero-order valence-corrected chi connectivity index (χ0v) is 19.4. The van der Waals surface area contributed by atoms with Crippen LogP contribution in [0.25, 0.3) is 12.2 Å². The molecule has 0 unspecified atom stereocenters. The first-order valence-electron chi connectivity index (χ1n) is 11.4. The van der Waals surface area contributed by atoms with Gasteiger partial charge in [0.2, 0.25) is 0 Å². The third-order valence-electron chi connectivity index (χ3n) is 5.18. The molecule has 1 N–H and O–H groups in total. The van der Waals surface area contributed by atoms with E-state index < -0.39 is 9.84 Å². The summed E-state index contributed by atoms with van der Waals surface area (Å²) in [7, 11) is -3.19. The lowest BCUT2D eigenvalue weighted by atomic mass is 10.1. The minimum atomic E-state index is -3.19. The van der Waals surface area contributed by atoms with Gasteiger partial charge < -0.3 is 9.84 Å². The number of sulfone groups is 1. The van der Waals surface area contributed by atoms with Crippen LogP contribution in [0.3, 0.4) is 0 Å². The predicted octanol–water partition coefficient (Wildman–Crippen LogP) is 6.14. The Morgan fingerprint density at radius 2 is 1.35 bits per heavy atom. The summed E-state index contributed by atoms with van der Waals surface area (Å²) in [6.45, 7) is 3.07. The largest absolute Gasteiger partial charge is 0.494 e. The molecule has 0 bridgehead atoms. The van der Waals surface area contributed by atoms with Crippen LogP contribution in [0.5, 0.6) is 5.75 Å². The lowest BCUT2D eigenvalue weighted by molar-refractivity contribution is 0.273. The summed E-state index contributed by atoms with van der Waals surface area (Å²) >= 11 is 0. The van der Waals surface area contributed by atoms with Gasteiger partial charge >= 0.3 is 0 Å². The van der Waals surface area contributed by atoms with Crippen molar-refractivity contribution in [3.63, 3.8) is 0 Å². The Kier molecular flexibility index (Phi) is 11.4. The molecule has 0 aliphatic heterocycles. The molecule has 0 heterocycles. The Morgan fingerprint density at radius 1 is 0.774 bits per heavy atom. The van der Waals surface area contributed by atoms with E-state index in [0.717, 1.165) is 68.2 Å². The average Bonchev–Trinajstić information content (AvgIpc) is 2.79. The molecule has 170 valence electrons. The molecule has 4 nitrogen and oxygen atoms in total. The SMILES string of the molecule is CCCCCCS(=O)(=O)c1ccc(/C=C/c2ccc(OCCCCCCO)cc2)cc1. The summed E-state index contributed by atoms with van der Waals surface area (Å²) in [6.07, 6.45) is 11.8. The highest BCUT2D eigenvalue weighted by molar-refractivity contribution is 7.91. The van der Waals surface area contributed by atoms with Crippen molar-refractivity contribution in [2.45, 2.75) is 63.2 Å². The normalized spacial score (nSPS) is 11.8. The first-order valence-corrected chi connectivity index (χ1v) is 13.0. The van der Waals surface area contributed by atoms with Gasteiger partial charge in [-0.15, -0.1) is 0 Å². The maximum Gasteiger partial charge on any atom is 0.178 e. The van der Waals surface area contributed by atoms with E-state index in [1.165, 1.54) is 0 Å². The fraction of sp³-hybridized carbons (Fsp3) is 0.462. The van der Waals surface area contributed by atoms with Crippen LogP contribution in [-0.2, 0) is 9.84 Å². The molecule has 0 fully saturated rings. The number of unbranched alkanes of at least 4 members (excludes halogenated alkanes) is 6. The van der Waals surface area contributed by atoms with E-state index in [1.54, 1.807) is 12.1 Å². The molecule has 0 radical (unpaired) electrons. The van der Waals surface area contributed by atoms with Crippen molar-refractivity contribution in [2.24, 2.45) is 0 Å². The second-order valence-corrected chi connectivity index (χ2v) is 9.95. The summed E-state index contributed by atoms with van der Waals surface area (Å²) in [5.74, 6) is 1.08. The molecule has 0 atom stereocenters. The maximum atomic E-state index is 12.4. The molecule has 2 rings (SSSR count). The molecule has 0 saturated heterocycles. The van der Waals surface area contributed by atoms with Gasteiger partial charge in [-0.05, 0) is 61.1 Å². The van der Waals surface area contributed by atoms with Crippen LogP contribution in [0.15, 0.2) is 53.4 Å². The van der Waals surface area contributed by atoms with Crippen LogP contribution in [0, 0.1) is 0 Å². The molecule has 31 heavy (non-hydrogen) atoms. The molecule has 0 saturated carbocycles. The van der Waals surface area contributed by atoms with Crippen molar-refractivity contribution in [2.75, 3.05) is 19.0 Å². The minimum Gasteiger partial charge on any atom is -0.494 e. The van der Waals surface area contributed by atoms with Crippen molar-refractivity contribution in [1.82, 2.24) is 0 Å². The van der Waals surface area contributed by atoms with Gasteiger partial charge in [0.05, 0.1) is 17.3 Å². The zero-order valence-electron chi connectivity index (χ0n) is 18.6. The third-order valence-corrected chi connectivity index (χ3v) is 6.99. The zero-order chi connectivity index (χ0) is 22.4. The number of rotatable bonds is 15. The fourth-order valence-corrected chi connectivity index (χ4v) is 4.62. The number of ether oxygens (including phenoxy) is 1. The quantitative estimate of drug-likeness (QED) is 0.265. The van der Waals surface area contributed by atoms with Crippen molar-refractivity contribution >= 4 is 22.0 Å². The van der Waals surface area contributed by atoms with E-state index in [4.69, 9.17) is 9.84 Å². The highest BCUT2D eigenvalue weighted by Gasteiger charge is 2.13.